The molecule has 7 nitrogen and oxygen atoms in total. The Balaban J connectivity index is 1.75. The lowest BCUT2D eigenvalue weighted by Gasteiger charge is -2.24. The van der Waals surface area contributed by atoms with E-state index in [4.69, 9.17) is 0 Å². The normalized spacial score (nSPS) is 16.5. The monoisotopic (exact) mass is 487 g/mol. The van der Waals surface area contributed by atoms with E-state index < -0.39 is 31.9 Å². The van der Waals surface area contributed by atoms with Gasteiger partial charge in [0.2, 0.25) is 10.0 Å². The van der Waals surface area contributed by atoms with Gasteiger partial charge < -0.3 is 0 Å². The number of nitrogens with one attached hydrogen (secondary N) is 1. The van der Waals surface area contributed by atoms with Gasteiger partial charge in [-0.1, -0.05) is 36.4 Å². The van der Waals surface area contributed by atoms with Crippen LogP contribution in [-0.2, 0) is 20.0 Å². The molecule has 3 aromatic carbocycles. The molecule has 1 atom stereocenters. The minimum absolute atomic E-state index is 0.0554. The van der Waals surface area contributed by atoms with Crippen molar-refractivity contribution in [1.82, 2.24) is 4.41 Å². The van der Waals surface area contributed by atoms with Gasteiger partial charge in [0.25, 0.3) is 10.0 Å². The van der Waals surface area contributed by atoms with Crippen LogP contribution in [0.1, 0.15) is 29.2 Å². The van der Waals surface area contributed by atoms with Gasteiger partial charge in [-0.15, -0.1) is 0 Å². The summed E-state index contributed by atoms with van der Waals surface area (Å²) in [4.78, 5) is -0.0554. The average Bonchev–Trinajstić information content (AvgIpc) is 3.20. The zero-order chi connectivity index (χ0) is 23.8. The van der Waals surface area contributed by atoms with Gasteiger partial charge in [0.15, 0.2) is 0 Å². The Morgan fingerprint density at radius 2 is 1.58 bits per heavy atom. The number of aryl methyl sites for hydroxylation is 1. The van der Waals surface area contributed by atoms with Crippen LogP contribution in [0, 0.1) is 12.7 Å². The molecule has 1 aliphatic heterocycles. The van der Waals surface area contributed by atoms with Crippen LogP contribution in [0.2, 0.25) is 0 Å². The zero-order valence-electron chi connectivity index (χ0n) is 17.9. The topological polar surface area (TPSA) is 95.9 Å². The Hall–Kier alpha value is -3.24. The molecule has 1 aliphatic rings. The maximum absolute atomic E-state index is 13.4. The van der Waals surface area contributed by atoms with Crippen LogP contribution in [0.5, 0.6) is 0 Å². The number of rotatable bonds is 6. The van der Waals surface area contributed by atoms with Crippen LogP contribution in [-0.4, -0.2) is 33.2 Å². The van der Waals surface area contributed by atoms with E-state index in [1.165, 1.54) is 12.1 Å². The second-order valence-corrected chi connectivity index (χ2v) is 11.4. The summed E-state index contributed by atoms with van der Waals surface area (Å²) in [6, 6.07) is 18.1. The molecule has 0 radical (unpaired) electrons. The number of nitrogens with zero attached hydrogens (tertiary/aromatic N) is 2. The van der Waals surface area contributed by atoms with E-state index in [1.807, 2.05) is 31.2 Å². The van der Waals surface area contributed by atoms with E-state index in [0.717, 1.165) is 33.9 Å². The Morgan fingerprint density at radius 1 is 0.939 bits per heavy atom. The number of benzene rings is 3. The molecule has 1 heterocycles. The van der Waals surface area contributed by atoms with Crippen molar-refractivity contribution in [2.45, 2.75) is 24.3 Å². The van der Waals surface area contributed by atoms with Crippen molar-refractivity contribution in [3.05, 3.63) is 95.3 Å². The van der Waals surface area contributed by atoms with E-state index >= 15 is 0 Å². The van der Waals surface area contributed by atoms with E-state index in [2.05, 4.69) is 9.82 Å². The van der Waals surface area contributed by atoms with Crippen molar-refractivity contribution in [3.8, 4) is 0 Å². The molecule has 0 saturated carbocycles. The highest BCUT2D eigenvalue weighted by Crippen LogP contribution is 2.38. The molecular formula is C23H22FN3O4S2. The molecule has 0 aromatic heterocycles. The van der Waals surface area contributed by atoms with Crippen molar-refractivity contribution in [2.75, 3.05) is 11.0 Å². The van der Waals surface area contributed by atoms with E-state index in [-0.39, 0.29) is 4.90 Å². The van der Waals surface area contributed by atoms with Crippen molar-refractivity contribution < 1.29 is 21.2 Å². The summed E-state index contributed by atoms with van der Waals surface area (Å²) in [6.45, 7) is 1.90. The zero-order valence-corrected chi connectivity index (χ0v) is 19.6. The predicted octanol–water partition coefficient (Wildman–Crippen LogP) is 4.05. The largest absolute Gasteiger partial charge is 0.284 e. The van der Waals surface area contributed by atoms with Gasteiger partial charge in [-0.2, -0.15) is 17.9 Å². The molecular weight excluding hydrogens is 465 g/mol. The van der Waals surface area contributed by atoms with Crippen LogP contribution in [0.15, 0.2) is 82.8 Å². The van der Waals surface area contributed by atoms with Crippen molar-refractivity contribution in [1.29, 1.82) is 0 Å². The number of sulfonamides is 2. The molecule has 0 unspecified atom stereocenters. The summed E-state index contributed by atoms with van der Waals surface area (Å²) in [7, 11) is -7.47. The second-order valence-electron chi connectivity index (χ2n) is 7.81. The van der Waals surface area contributed by atoms with E-state index in [0.29, 0.717) is 23.4 Å². The van der Waals surface area contributed by atoms with Crippen molar-refractivity contribution >= 4 is 31.4 Å². The summed E-state index contributed by atoms with van der Waals surface area (Å²) in [6.07, 6.45) is 1.39. The van der Waals surface area contributed by atoms with Crippen molar-refractivity contribution in [2.24, 2.45) is 5.10 Å². The highest BCUT2D eigenvalue weighted by atomic mass is 32.2. The fourth-order valence-corrected chi connectivity index (χ4v) is 5.73. The van der Waals surface area contributed by atoms with Crippen LogP contribution < -0.4 is 4.72 Å². The first-order valence-corrected chi connectivity index (χ1v) is 13.4. The highest BCUT2D eigenvalue weighted by Gasteiger charge is 2.38. The molecule has 3 aromatic rings. The Morgan fingerprint density at radius 3 is 2.18 bits per heavy atom. The lowest BCUT2D eigenvalue weighted by atomic mass is 9.96. The Bertz CT molecular complexity index is 1420. The molecule has 0 spiro atoms. The molecule has 33 heavy (non-hydrogen) atoms. The molecule has 10 heteroatoms. The molecule has 0 saturated heterocycles. The number of hydrogen-bond acceptors (Lipinski definition) is 5. The van der Waals surface area contributed by atoms with Gasteiger partial charge in [0.05, 0.1) is 22.9 Å². The number of anilines is 1. The summed E-state index contributed by atoms with van der Waals surface area (Å²) in [5.41, 5.74) is 3.35. The fourth-order valence-electron chi connectivity index (χ4n) is 3.74. The maximum atomic E-state index is 13.4. The first-order valence-electron chi connectivity index (χ1n) is 10.1. The lowest BCUT2D eigenvalue weighted by molar-refractivity contribution is 0.370. The standard InChI is InChI=1S/C23H22FN3O4S2/c1-16-5-3-4-6-21(16)23-15-22(17-7-11-19(12-8-17)26-32(2,28)29)25-27(23)33(30,31)20-13-9-18(24)10-14-20/h3-14,23,26H,15H2,1-2H3/t23-/m0/s1. The van der Waals surface area contributed by atoms with E-state index in [1.54, 1.807) is 24.3 Å². The number of halogens is 1. The van der Waals surface area contributed by atoms with Gasteiger partial charge in [-0.25, -0.2) is 12.8 Å². The van der Waals surface area contributed by atoms with Crippen LogP contribution in [0.3, 0.4) is 0 Å². The van der Waals surface area contributed by atoms with Gasteiger partial charge in [0, 0.05) is 12.1 Å². The molecule has 0 aliphatic carbocycles. The summed E-state index contributed by atoms with van der Waals surface area (Å²) < 4.78 is 66.7. The number of hydrogen-bond donors (Lipinski definition) is 1. The van der Waals surface area contributed by atoms with Crippen LogP contribution in [0.25, 0.3) is 0 Å². The molecule has 4 rings (SSSR count). The third kappa shape index (κ3) is 4.91. The summed E-state index contributed by atoms with van der Waals surface area (Å²) >= 11 is 0. The minimum atomic E-state index is -4.06. The quantitative estimate of drug-likeness (QED) is 0.568. The average molecular weight is 488 g/mol. The third-order valence-electron chi connectivity index (χ3n) is 5.30. The van der Waals surface area contributed by atoms with Crippen LogP contribution in [0.4, 0.5) is 10.1 Å². The first-order chi connectivity index (χ1) is 15.5. The van der Waals surface area contributed by atoms with E-state index in [9.17, 15) is 21.2 Å². The molecule has 0 bridgehead atoms. The van der Waals surface area contributed by atoms with Crippen molar-refractivity contribution in [3.63, 3.8) is 0 Å². The fraction of sp³-hybridized carbons (Fsp3) is 0.174. The maximum Gasteiger partial charge on any atom is 0.279 e. The molecule has 172 valence electrons. The van der Waals surface area contributed by atoms with Crippen LogP contribution >= 0.6 is 0 Å². The highest BCUT2D eigenvalue weighted by molar-refractivity contribution is 7.92. The molecule has 1 N–H and O–H groups in total. The van der Waals surface area contributed by atoms with Gasteiger partial charge >= 0.3 is 0 Å². The third-order valence-corrected chi connectivity index (χ3v) is 7.60. The smallest absolute Gasteiger partial charge is 0.279 e. The SMILES string of the molecule is Cc1ccccc1[C@@H]1CC(c2ccc(NS(C)(=O)=O)cc2)=NN1S(=O)(=O)c1ccc(F)cc1. The Kier molecular flexibility index (Phi) is 5.98. The Labute approximate surface area is 192 Å². The molecule has 0 fully saturated rings. The summed E-state index contributed by atoms with van der Waals surface area (Å²) in [5, 5.41) is 4.46. The lowest BCUT2D eigenvalue weighted by Crippen LogP contribution is -2.27. The molecule has 0 amide bonds. The second kappa shape index (κ2) is 8.60. The predicted molar refractivity (Wildman–Crippen MR) is 125 cm³/mol. The number of hydrazone groups is 1. The minimum Gasteiger partial charge on any atom is -0.284 e. The summed E-state index contributed by atoms with van der Waals surface area (Å²) in [5.74, 6) is -0.530. The van der Waals surface area contributed by atoms with Gasteiger partial charge in [-0.05, 0) is 60.0 Å². The van der Waals surface area contributed by atoms with Gasteiger partial charge in [0.1, 0.15) is 5.82 Å². The first kappa shape index (κ1) is 22.9. The van der Waals surface area contributed by atoms with Gasteiger partial charge in [-0.3, -0.25) is 4.72 Å².